The first kappa shape index (κ1) is 25.6. The van der Waals surface area contributed by atoms with Gasteiger partial charge in [-0.2, -0.15) is 13.2 Å². The predicted molar refractivity (Wildman–Crippen MR) is 158 cm³/mol. The second kappa shape index (κ2) is 10.5. The van der Waals surface area contributed by atoms with Gasteiger partial charge in [-0.05, 0) is 97.6 Å². The Labute approximate surface area is 231 Å². The Kier molecular flexibility index (Phi) is 6.69. The zero-order valence-corrected chi connectivity index (χ0v) is 21.9. The van der Waals surface area contributed by atoms with Crippen molar-refractivity contribution in [2.75, 3.05) is 0 Å². The van der Waals surface area contributed by atoms with Crippen LogP contribution in [0.4, 0.5) is 13.2 Å². The van der Waals surface area contributed by atoms with E-state index in [1.165, 1.54) is 12.1 Å². The fraction of sp³-hybridized carbons (Fsp3) is 0.0833. The lowest BCUT2D eigenvalue weighted by molar-refractivity contribution is -0.137. The summed E-state index contributed by atoms with van der Waals surface area (Å²) in [6.07, 6.45) is -0.191. The molecule has 6 aromatic rings. The third-order valence-corrected chi connectivity index (χ3v) is 7.33. The average Bonchev–Trinajstić information content (AvgIpc) is 3.00. The number of hydrogen-bond acceptors (Lipinski definition) is 1. The molecule has 0 aliphatic rings. The van der Waals surface area contributed by atoms with E-state index in [4.69, 9.17) is 0 Å². The van der Waals surface area contributed by atoms with Crippen LogP contribution in [-0.2, 0) is 12.6 Å². The SMILES string of the molecule is CCc1cc(-c2ccc(-c3ccc4ccc(-c5ccc(-c6cccnc6)cc5)cc4c3)cc2)cc(C(F)(F)F)c1. The standard InChI is InChI=1S/C36H26F3N/c1-2-24-18-33(22-35(19-24)36(37,38)39)28-11-7-26(8-12-28)31-16-14-29-13-15-30(20-34(29)21-31)25-5-9-27(10-6-25)32-4-3-17-40-23-32/h3-23H,2H2,1H3. The van der Waals surface area contributed by atoms with Crippen molar-refractivity contribution >= 4 is 10.8 Å². The topological polar surface area (TPSA) is 12.9 Å². The maximum atomic E-state index is 13.4. The highest BCUT2D eigenvalue weighted by molar-refractivity contribution is 5.91. The van der Waals surface area contributed by atoms with Crippen molar-refractivity contribution < 1.29 is 13.2 Å². The molecule has 0 spiro atoms. The molecule has 0 unspecified atom stereocenters. The van der Waals surface area contributed by atoms with Gasteiger partial charge in [0.1, 0.15) is 0 Å². The Hall–Kier alpha value is -4.70. The zero-order valence-electron chi connectivity index (χ0n) is 21.9. The summed E-state index contributed by atoms with van der Waals surface area (Å²) in [7, 11) is 0. The number of nitrogens with zero attached hydrogens (tertiary/aromatic N) is 1. The number of benzene rings is 5. The average molecular weight is 530 g/mol. The Balaban J connectivity index is 1.29. The van der Waals surface area contributed by atoms with E-state index < -0.39 is 11.7 Å². The molecule has 0 amide bonds. The van der Waals surface area contributed by atoms with E-state index in [1.54, 1.807) is 6.20 Å². The summed E-state index contributed by atoms with van der Waals surface area (Å²) in [6, 6.07) is 37.3. The maximum absolute atomic E-state index is 13.4. The van der Waals surface area contributed by atoms with E-state index in [1.807, 2.05) is 55.6 Å². The van der Waals surface area contributed by atoms with Gasteiger partial charge < -0.3 is 0 Å². The highest BCUT2D eigenvalue weighted by Gasteiger charge is 2.31. The van der Waals surface area contributed by atoms with Crippen molar-refractivity contribution in [3.63, 3.8) is 0 Å². The van der Waals surface area contributed by atoms with Crippen molar-refractivity contribution in [2.45, 2.75) is 19.5 Å². The first-order chi connectivity index (χ1) is 19.4. The lowest BCUT2D eigenvalue weighted by Gasteiger charge is -2.12. The first-order valence-electron chi connectivity index (χ1n) is 13.2. The van der Waals surface area contributed by atoms with Crippen LogP contribution >= 0.6 is 0 Å². The Bertz CT molecular complexity index is 1790. The normalized spacial score (nSPS) is 11.6. The van der Waals surface area contributed by atoms with Crippen molar-refractivity contribution in [1.82, 2.24) is 4.98 Å². The molecule has 0 bridgehead atoms. The summed E-state index contributed by atoms with van der Waals surface area (Å²) in [5, 5.41) is 2.27. The zero-order chi connectivity index (χ0) is 27.7. The van der Waals surface area contributed by atoms with E-state index in [-0.39, 0.29) is 0 Å². The molecule has 0 aliphatic heterocycles. The quantitative estimate of drug-likeness (QED) is 0.216. The van der Waals surface area contributed by atoms with Crippen molar-refractivity contribution in [3.05, 3.63) is 139 Å². The lowest BCUT2D eigenvalue weighted by atomic mass is 9.95. The highest BCUT2D eigenvalue weighted by atomic mass is 19.4. The molecule has 5 aromatic carbocycles. The fourth-order valence-electron chi connectivity index (χ4n) is 5.08. The van der Waals surface area contributed by atoms with Crippen LogP contribution in [0.1, 0.15) is 18.1 Å². The number of rotatable bonds is 5. The van der Waals surface area contributed by atoms with Crippen molar-refractivity contribution in [2.24, 2.45) is 0 Å². The molecular formula is C36H26F3N. The molecule has 40 heavy (non-hydrogen) atoms. The van der Waals surface area contributed by atoms with Gasteiger partial charge in [-0.25, -0.2) is 0 Å². The van der Waals surface area contributed by atoms with Gasteiger partial charge in [-0.1, -0.05) is 91.9 Å². The number of aryl methyl sites for hydroxylation is 1. The number of halogens is 3. The summed E-state index contributed by atoms with van der Waals surface area (Å²) in [5.74, 6) is 0. The molecule has 0 saturated carbocycles. The summed E-state index contributed by atoms with van der Waals surface area (Å²) in [4.78, 5) is 4.21. The summed E-state index contributed by atoms with van der Waals surface area (Å²) in [6.45, 7) is 1.87. The van der Waals surface area contributed by atoms with Gasteiger partial charge >= 0.3 is 6.18 Å². The van der Waals surface area contributed by atoms with Gasteiger partial charge in [0.05, 0.1) is 5.56 Å². The number of pyridine rings is 1. The molecule has 0 fully saturated rings. The third-order valence-electron chi connectivity index (χ3n) is 7.33. The van der Waals surface area contributed by atoms with Crippen LogP contribution < -0.4 is 0 Å². The van der Waals surface area contributed by atoms with Gasteiger partial charge in [-0.15, -0.1) is 0 Å². The molecule has 0 saturated heterocycles. The van der Waals surface area contributed by atoms with Crippen LogP contribution in [0.3, 0.4) is 0 Å². The minimum Gasteiger partial charge on any atom is -0.264 e. The van der Waals surface area contributed by atoms with E-state index >= 15 is 0 Å². The third kappa shape index (κ3) is 5.26. The molecule has 0 radical (unpaired) electrons. The van der Waals surface area contributed by atoms with Crippen LogP contribution in [0.5, 0.6) is 0 Å². The Morgan fingerprint density at radius 1 is 0.525 bits per heavy atom. The molecule has 6 rings (SSSR count). The molecule has 1 aromatic heterocycles. The highest BCUT2D eigenvalue weighted by Crippen LogP contribution is 2.35. The van der Waals surface area contributed by atoms with Gasteiger partial charge in [0.2, 0.25) is 0 Å². The molecule has 0 atom stereocenters. The Morgan fingerprint density at radius 2 is 1.05 bits per heavy atom. The van der Waals surface area contributed by atoms with E-state index in [2.05, 4.69) is 65.6 Å². The van der Waals surface area contributed by atoms with Crippen LogP contribution in [-0.4, -0.2) is 4.98 Å². The van der Waals surface area contributed by atoms with Crippen molar-refractivity contribution in [1.29, 1.82) is 0 Å². The smallest absolute Gasteiger partial charge is 0.264 e. The van der Waals surface area contributed by atoms with E-state index in [0.29, 0.717) is 17.5 Å². The number of aromatic nitrogens is 1. The summed E-state index contributed by atoms with van der Waals surface area (Å²) >= 11 is 0. The van der Waals surface area contributed by atoms with Crippen LogP contribution in [0.25, 0.3) is 55.3 Å². The first-order valence-corrected chi connectivity index (χ1v) is 13.2. The van der Waals surface area contributed by atoms with E-state index in [9.17, 15) is 13.2 Å². The molecule has 196 valence electrons. The second-order valence-corrected chi connectivity index (χ2v) is 9.94. The lowest BCUT2D eigenvalue weighted by Crippen LogP contribution is -2.06. The largest absolute Gasteiger partial charge is 0.416 e. The number of alkyl halides is 3. The Morgan fingerprint density at radius 3 is 1.55 bits per heavy atom. The van der Waals surface area contributed by atoms with Gasteiger partial charge in [-0.3, -0.25) is 4.98 Å². The van der Waals surface area contributed by atoms with Crippen LogP contribution in [0, 0.1) is 0 Å². The minimum atomic E-state index is -4.37. The minimum absolute atomic E-state index is 0.544. The van der Waals surface area contributed by atoms with Gasteiger partial charge in [0.15, 0.2) is 0 Å². The van der Waals surface area contributed by atoms with Crippen LogP contribution in [0.2, 0.25) is 0 Å². The summed E-state index contributed by atoms with van der Waals surface area (Å²) in [5.41, 5.74) is 7.96. The number of fused-ring (bicyclic) bond motifs is 1. The molecular weight excluding hydrogens is 503 g/mol. The molecule has 0 aliphatic carbocycles. The maximum Gasteiger partial charge on any atom is 0.416 e. The predicted octanol–water partition coefficient (Wildman–Crippen LogP) is 10.5. The second-order valence-electron chi connectivity index (χ2n) is 9.94. The van der Waals surface area contributed by atoms with Crippen molar-refractivity contribution in [3.8, 4) is 44.5 Å². The number of hydrogen-bond donors (Lipinski definition) is 0. The fourth-order valence-corrected chi connectivity index (χ4v) is 5.08. The monoisotopic (exact) mass is 529 g/mol. The van der Waals surface area contributed by atoms with Gasteiger partial charge in [0.25, 0.3) is 0 Å². The molecule has 0 N–H and O–H groups in total. The van der Waals surface area contributed by atoms with Crippen LogP contribution in [0.15, 0.2) is 128 Å². The summed E-state index contributed by atoms with van der Waals surface area (Å²) < 4.78 is 40.3. The molecule has 1 heterocycles. The molecule has 1 nitrogen and oxygen atoms in total. The van der Waals surface area contributed by atoms with E-state index in [0.717, 1.165) is 49.7 Å². The van der Waals surface area contributed by atoms with Gasteiger partial charge in [0, 0.05) is 12.4 Å². The molecule has 4 heteroatoms.